The zero-order valence-corrected chi connectivity index (χ0v) is 14.8. The van der Waals surface area contributed by atoms with Crippen LogP contribution in [0.3, 0.4) is 0 Å². The van der Waals surface area contributed by atoms with Gasteiger partial charge in [0.05, 0.1) is 12.7 Å². The first kappa shape index (κ1) is 16.8. The number of ether oxygens (including phenoxy) is 2. The first-order valence-corrected chi connectivity index (χ1v) is 8.40. The molecule has 0 radical (unpaired) electrons. The molecule has 24 heavy (non-hydrogen) atoms. The van der Waals surface area contributed by atoms with Gasteiger partial charge in [0, 0.05) is 12.1 Å². The Kier molecular flexibility index (Phi) is 4.06. The van der Waals surface area contributed by atoms with Crippen LogP contribution in [-0.2, 0) is 16.0 Å². The van der Waals surface area contributed by atoms with Crippen molar-refractivity contribution in [2.45, 2.75) is 57.7 Å². The Labute approximate surface area is 142 Å². The fourth-order valence-corrected chi connectivity index (χ4v) is 3.55. The van der Waals surface area contributed by atoms with Gasteiger partial charge in [-0.2, -0.15) is 0 Å². The van der Waals surface area contributed by atoms with E-state index in [0.29, 0.717) is 12.1 Å². The van der Waals surface area contributed by atoms with Crippen molar-refractivity contribution in [3.05, 3.63) is 35.4 Å². The average Bonchev–Trinajstić information content (AvgIpc) is 2.41. The minimum absolute atomic E-state index is 0.0198. The van der Waals surface area contributed by atoms with Crippen molar-refractivity contribution in [1.29, 1.82) is 0 Å². The van der Waals surface area contributed by atoms with Gasteiger partial charge in [0.15, 0.2) is 0 Å². The maximum absolute atomic E-state index is 12.7. The molecule has 3 saturated carbocycles. The second-order valence-corrected chi connectivity index (χ2v) is 7.96. The minimum Gasteiger partial charge on any atom is -0.465 e. The molecule has 3 aliphatic rings. The summed E-state index contributed by atoms with van der Waals surface area (Å²) in [6.07, 6.45) is 2.98. The molecular weight excluding hydrogens is 306 g/mol. The number of methoxy groups -OCH3 is 1. The summed E-state index contributed by atoms with van der Waals surface area (Å²) in [7, 11) is 1.36. The molecule has 0 heterocycles. The van der Waals surface area contributed by atoms with E-state index in [1.54, 1.807) is 12.1 Å². The summed E-state index contributed by atoms with van der Waals surface area (Å²) in [4.78, 5) is 26.1. The molecule has 0 N–H and O–H groups in total. The van der Waals surface area contributed by atoms with Crippen molar-refractivity contribution >= 4 is 12.1 Å². The number of hydrogen-bond acceptors (Lipinski definition) is 4. The van der Waals surface area contributed by atoms with Gasteiger partial charge in [0.2, 0.25) is 0 Å². The molecule has 1 amide bonds. The molecule has 3 aliphatic carbocycles. The molecule has 3 fully saturated rings. The molecular formula is C19H25NO4. The average molecular weight is 331 g/mol. The Balaban J connectivity index is 1.74. The van der Waals surface area contributed by atoms with Crippen LogP contribution in [0.25, 0.3) is 0 Å². The number of rotatable bonds is 4. The van der Waals surface area contributed by atoms with Crippen LogP contribution in [0.4, 0.5) is 4.79 Å². The van der Waals surface area contributed by atoms with E-state index < -0.39 is 5.60 Å². The van der Waals surface area contributed by atoms with Gasteiger partial charge in [-0.1, -0.05) is 12.1 Å². The van der Waals surface area contributed by atoms with Crippen LogP contribution < -0.4 is 0 Å². The first-order chi connectivity index (χ1) is 11.2. The molecule has 0 saturated heterocycles. The van der Waals surface area contributed by atoms with Crippen LogP contribution in [-0.4, -0.2) is 35.2 Å². The Bertz CT molecular complexity index is 627. The highest BCUT2D eigenvalue weighted by atomic mass is 16.6. The van der Waals surface area contributed by atoms with Gasteiger partial charge in [-0.15, -0.1) is 0 Å². The van der Waals surface area contributed by atoms with Gasteiger partial charge in [-0.25, -0.2) is 9.59 Å². The molecule has 1 aromatic rings. The molecule has 0 aliphatic heterocycles. The van der Waals surface area contributed by atoms with E-state index in [1.807, 2.05) is 37.8 Å². The van der Waals surface area contributed by atoms with E-state index in [2.05, 4.69) is 0 Å². The smallest absolute Gasteiger partial charge is 0.411 e. The molecule has 0 atom stereocenters. The summed E-state index contributed by atoms with van der Waals surface area (Å²) < 4.78 is 10.3. The molecule has 2 bridgehead atoms. The third-order valence-corrected chi connectivity index (χ3v) is 4.91. The quantitative estimate of drug-likeness (QED) is 0.788. The van der Waals surface area contributed by atoms with Crippen LogP contribution in [0, 0.1) is 5.92 Å². The van der Waals surface area contributed by atoms with Crippen LogP contribution in [0.1, 0.15) is 56.0 Å². The Hall–Kier alpha value is -2.04. The number of amides is 1. The lowest BCUT2D eigenvalue weighted by molar-refractivity contribution is -0.141. The van der Waals surface area contributed by atoms with Crippen molar-refractivity contribution in [3.8, 4) is 0 Å². The van der Waals surface area contributed by atoms with Gasteiger partial charge in [-0.05, 0) is 63.6 Å². The van der Waals surface area contributed by atoms with Crippen molar-refractivity contribution in [1.82, 2.24) is 4.90 Å². The zero-order chi connectivity index (χ0) is 17.5. The van der Waals surface area contributed by atoms with E-state index in [1.165, 1.54) is 7.11 Å². The summed E-state index contributed by atoms with van der Waals surface area (Å²) >= 11 is 0. The fourth-order valence-electron chi connectivity index (χ4n) is 3.55. The minimum atomic E-state index is -0.506. The predicted octanol–water partition coefficient (Wildman–Crippen LogP) is 3.76. The number of carbonyl (C=O) groups excluding carboxylic acids is 2. The van der Waals surface area contributed by atoms with Crippen LogP contribution in [0.15, 0.2) is 24.3 Å². The molecule has 0 unspecified atom stereocenters. The Morgan fingerprint density at radius 1 is 1.17 bits per heavy atom. The number of benzene rings is 1. The molecule has 5 nitrogen and oxygen atoms in total. The van der Waals surface area contributed by atoms with Gasteiger partial charge in [0.25, 0.3) is 0 Å². The SMILES string of the molecule is COC(=O)c1ccc(CN(C(=O)OC(C)(C)C)C23CC(C2)C3)cc1. The molecule has 4 rings (SSSR count). The summed E-state index contributed by atoms with van der Waals surface area (Å²) in [6.45, 7) is 6.16. The summed E-state index contributed by atoms with van der Waals surface area (Å²) in [6, 6.07) is 7.21. The Morgan fingerprint density at radius 3 is 2.17 bits per heavy atom. The molecule has 1 aromatic carbocycles. The van der Waals surface area contributed by atoms with Crippen LogP contribution >= 0.6 is 0 Å². The second kappa shape index (κ2) is 5.80. The van der Waals surface area contributed by atoms with Gasteiger partial charge < -0.3 is 9.47 Å². The lowest BCUT2D eigenvalue weighted by Gasteiger charge is -2.65. The maximum atomic E-state index is 12.7. The van der Waals surface area contributed by atoms with Gasteiger partial charge in [0.1, 0.15) is 5.60 Å². The summed E-state index contributed by atoms with van der Waals surface area (Å²) in [5, 5.41) is 0. The van der Waals surface area contributed by atoms with E-state index in [-0.39, 0.29) is 17.6 Å². The van der Waals surface area contributed by atoms with Crippen molar-refractivity contribution in [2.75, 3.05) is 7.11 Å². The third kappa shape index (κ3) is 3.12. The van der Waals surface area contributed by atoms with Crippen molar-refractivity contribution in [2.24, 2.45) is 5.92 Å². The largest absolute Gasteiger partial charge is 0.465 e. The molecule has 0 spiro atoms. The van der Waals surface area contributed by atoms with Crippen LogP contribution in [0.5, 0.6) is 0 Å². The lowest BCUT2D eigenvalue weighted by Crippen LogP contribution is -2.69. The number of hydrogen-bond donors (Lipinski definition) is 0. The fraction of sp³-hybridized carbons (Fsp3) is 0.579. The highest BCUT2D eigenvalue weighted by Crippen LogP contribution is 2.61. The molecule has 0 aromatic heterocycles. The second-order valence-electron chi connectivity index (χ2n) is 7.96. The van der Waals surface area contributed by atoms with E-state index >= 15 is 0 Å². The Morgan fingerprint density at radius 2 is 1.75 bits per heavy atom. The topological polar surface area (TPSA) is 55.8 Å². The maximum Gasteiger partial charge on any atom is 0.411 e. The molecule has 5 heteroatoms. The van der Waals surface area contributed by atoms with Crippen molar-refractivity contribution in [3.63, 3.8) is 0 Å². The van der Waals surface area contributed by atoms with E-state index in [9.17, 15) is 9.59 Å². The normalized spacial score (nSPS) is 24.4. The van der Waals surface area contributed by atoms with E-state index in [4.69, 9.17) is 9.47 Å². The summed E-state index contributed by atoms with van der Waals surface area (Å²) in [5.74, 6) is 0.418. The highest BCUT2D eigenvalue weighted by Gasteiger charge is 2.61. The van der Waals surface area contributed by atoms with E-state index in [0.717, 1.165) is 30.7 Å². The standard InChI is InChI=1S/C19H25NO4/c1-18(2,3)24-17(22)20(19-9-14(10-19)11-19)12-13-5-7-15(8-6-13)16(21)23-4/h5-8,14H,9-12H2,1-4H3. The molecule has 130 valence electrons. The van der Waals surface area contributed by atoms with Crippen LogP contribution in [0.2, 0.25) is 0 Å². The van der Waals surface area contributed by atoms with Gasteiger partial charge >= 0.3 is 12.1 Å². The lowest BCUT2D eigenvalue weighted by atomic mass is 9.49. The predicted molar refractivity (Wildman–Crippen MR) is 89.6 cm³/mol. The third-order valence-electron chi connectivity index (χ3n) is 4.91. The van der Waals surface area contributed by atoms with Crippen molar-refractivity contribution < 1.29 is 19.1 Å². The zero-order valence-electron chi connectivity index (χ0n) is 14.8. The monoisotopic (exact) mass is 331 g/mol. The number of nitrogens with zero attached hydrogens (tertiary/aromatic N) is 1. The first-order valence-electron chi connectivity index (χ1n) is 8.40. The van der Waals surface area contributed by atoms with Gasteiger partial charge in [-0.3, -0.25) is 4.90 Å². The number of carbonyl (C=O) groups is 2. The summed E-state index contributed by atoms with van der Waals surface area (Å²) in [5.41, 5.74) is 0.968. The highest BCUT2D eigenvalue weighted by molar-refractivity contribution is 5.89. The number of esters is 1.